The first-order chi connectivity index (χ1) is 15.9. The average molecular weight is 497 g/mol. The Bertz CT molecular complexity index is 1430. The summed E-state index contributed by atoms with van der Waals surface area (Å²) in [6.07, 6.45) is 3.09. The largest absolute Gasteiger partial charge is 0.313 e. The van der Waals surface area contributed by atoms with Gasteiger partial charge in [-0.25, -0.2) is 13.4 Å². The molecule has 4 aromatic rings. The Morgan fingerprint density at radius 2 is 1.97 bits per heavy atom. The zero-order valence-electron chi connectivity index (χ0n) is 18.4. The van der Waals surface area contributed by atoms with E-state index in [1.165, 1.54) is 22.6 Å². The molecular weight excluding hydrogens is 472 g/mol. The highest BCUT2D eigenvalue weighted by Crippen LogP contribution is 2.47. The van der Waals surface area contributed by atoms with Gasteiger partial charge in [-0.15, -0.1) is 22.7 Å². The minimum atomic E-state index is -3.39. The summed E-state index contributed by atoms with van der Waals surface area (Å²) in [6.45, 7) is 3.86. The third-order valence-corrected chi connectivity index (χ3v) is 10.0. The van der Waals surface area contributed by atoms with Crippen LogP contribution in [-0.4, -0.2) is 25.1 Å². The number of rotatable bonds is 5. The van der Waals surface area contributed by atoms with E-state index in [0.717, 1.165) is 45.1 Å². The number of anilines is 1. The van der Waals surface area contributed by atoms with Gasteiger partial charge < -0.3 is 5.32 Å². The van der Waals surface area contributed by atoms with E-state index in [2.05, 4.69) is 18.3 Å². The first-order valence-corrected chi connectivity index (χ1v) is 14.3. The molecule has 0 saturated carbocycles. The zero-order chi connectivity index (χ0) is 23.2. The molecule has 33 heavy (non-hydrogen) atoms. The van der Waals surface area contributed by atoms with Crippen LogP contribution in [0.5, 0.6) is 0 Å². The maximum atomic E-state index is 13.2. The monoisotopic (exact) mass is 496 g/mol. The molecule has 0 radical (unpaired) electrons. The van der Waals surface area contributed by atoms with Crippen molar-refractivity contribution in [3.05, 3.63) is 64.5 Å². The lowest BCUT2D eigenvalue weighted by Crippen LogP contribution is -2.13. The summed E-state index contributed by atoms with van der Waals surface area (Å²) in [6, 6.07) is 14.3. The Kier molecular flexibility index (Phi) is 5.84. The molecule has 0 saturated heterocycles. The van der Waals surface area contributed by atoms with Crippen LogP contribution in [-0.2, 0) is 22.7 Å². The lowest BCUT2D eigenvalue weighted by atomic mass is 9.88. The Morgan fingerprint density at radius 3 is 2.76 bits per heavy atom. The highest BCUT2D eigenvalue weighted by atomic mass is 32.2. The van der Waals surface area contributed by atoms with E-state index in [9.17, 15) is 13.2 Å². The highest BCUT2D eigenvalue weighted by Gasteiger charge is 2.27. The number of carbonyl (C=O) groups is 1. The van der Waals surface area contributed by atoms with E-state index < -0.39 is 9.84 Å². The van der Waals surface area contributed by atoms with Gasteiger partial charge in [0.1, 0.15) is 10.0 Å². The Balaban J connectivity index is 1.56. The van der Waals surface area contributed by atoms with Gasteiger partial charge in [0.25, 0.3) is 5.91 Å². The van der Waals surface area contributed by atoms with Gasteiger partial charge in [0.15, 0.2) is 9.84 Å². The van der Waals surface area contributed by atoms with Crippen molar-refractivity contribution < 1.29 is 13.2 Å². The summed E-state index contributed by atoms with van der Waals surface area (Å²) in [5.74, 6) is 0.298. The van der Waals surface area contributed by atoms with E-state index in [-0.39, 0.29) is 16.6 Å². The normalized spacial score (nSPS) is 16.0. The van der Waals surface area contributed by atoms with Gasteiger partial charge in [-0.2, -0.15) is 0 Å². The van der Waals surface area contributed by atoms with E-state index >= 15 is 0 Å². The van der Waals surface area contributed by atoms with Crippen LogP contribution in [0.3, 0.4) is 0 Å². The second-order valence-electron chi connectivity index (χ2n) is 8.43. The third-order valence-electron chi connectivity index (χ3n) is 6.08. The molecule has 1 amide bonds. The van der Waals surface area contributed by atoms with Gasteiger partial charge in [0, 0.05) is 16.0 Å². The van der Waals surface area contributed by atoms with Crippen molar-refractivity contribution in [3.8, 4) is 10.6 Å². The van der Waals surface area contributed by atoms with Gasteiger partial charge in [0.05, 0.1) is 20.9 Å². The third kappa shape index (κ3) is 4.23. The van der Waals surface area contributed by atoms with E-state index in [4.69, 9.17) is 4.98 Å². The van der Waals surface area contributed by atoms with Crippen molar-refractivity contribution in [2.45, 2.75) is 38.0 Å². The number of para-hydroxylation sites is 1. The molecule has 1 aliphatic carbocycles. The summed E-state index contributed by atoms with van der Waals surface area (Å²) in [5.41, 5.74) is 3.60. The van der Waals surface area contributed by atoms with Gasteiger partial charge >= 0.3 is 0 Å². The smallest absolute Gasteiger partial charge is 0.256 e. The fourth-order valence-corrected chi connectivity index (χ4v) is 7.66. The first kappa shape index (κ1) is 22.3. The standard InChI is InChI=1S/C25H24N2O3S3/c1-3-33(29,30)17-8-6-7-16(14-17)23(28)27-25-22(18-12-11-15(2)13-21(18)32-25)24-26-19-9-4-5-10-20(19)31-24/h4-10,14-15H,3,11-13H2,1-2H3,(H,27,28). The molecule has 1 aliphatic rings. The number of benzene rings is 2. The summed E-state index contributed by atoms with van der Waals surface area (Å²) >= 11 is 3.26. The van der Waals surface area contributed by atoms with Crippen LogP contribution in [0.1, 0.15) is 41.1 Å². The molecule has 1 N–H and O–H groups in total. The number of nitrogens with one attached hydrogen (secondary N) is 1. The van der Waals surface area contributed by atoms with E-state index in [1.807, 2.05) is 18.2 Å². The van der Waals surface area contributed by atoms with Crippen LogP contribution >= 0.6 is 22.7 Å². The predicted molar refractivity (Wildman–Crippen MR) is 136 cm³/mol. The van der Waals surface area contributed by atoms with Crippen molar-refractivity contribution in [2.75, 3.05) is 11.1 Å². The molecule has 0 aliphatic heterocycles. The molecular formula is C25H24N2O3S3. The summed E-state index contributed by atoms with van der Waals surface area (Å²) < 4.78 is 25.7. The predicted octanol–water partition coefficient (Wildman–Crippen LogP) is 6.20. The van der Waals surface area contributed by atoms with Crippen LogP contribution in [0, 0.1) is 5.92 Å². The quantitative estimate of drug-likeness (QED) is 0.357. The lowest BCUT2D eigenvalue weighted by Gasteiger charge is -2.18. The topological polar surface area (TPSA) is 76.1 Å². The molecule has 0 spiro atoms. The SMILES string of the molecule is CCS(=O)(=O)c1cccc(C(=O)Nc2sc3c(c2-c2nc4ccccc4s2)CCC(C)C3)c1. The van der Waals surface area contributed by atoms with Crippen LogP contribution in [0.15, 0.2) is 53.4 Å². The number of nitrogens with zero attached hydrogens (tertiary/aromatic N) is 1. The van der Waals surface area contributed by atoms with Gasteiger partial charge in [0.2, 0.25) is 0 Å². The molecule has 5 nitrogen and oxygen atoms in total. The molecule has 1 atom stereocenters. The Hall–Kier alpha value is -2.55. The summed E-state index contributed by atoms with van der Waals surface area (Å²) in [5, 5.41) is 4.80. The van der Waals surface area contributed by atoms with E-state index in [1.54, 1.807) is 41.7 Å². The van der Waals surface area contributed by atoms with Gasteiger partial charge in [-0.05, 0) is 61.1 Å². The second kappa shape index (κ2) is 8.66. The number of sulfone groups is 1. The van der Waals surface area contributed by atoms with Crippen LogP contribution in [0.4, 0.5) is 5.00 Å². The number of amides is 1. The number of aromatic nitrogens is 1. The molecule has 2 aromatic carbocycles. The first-order valence-electron chi connectivity index (χ1n) is 11.0. The average Bonchev–Trinajstić information content (AvgIpc) is 3.39. The number of hydrogen-bond donors (Lipinski definition) is 1. The van der Waals surface area contributed by atoms with Crippen LogP contribution in [0.25, 0.3) is 20.8 Å². The maximum Gasteiger partial charge on any atom is 0.256 e. The van der Waals surface area contributed by atoms with Crippen LogP contribution < -0.4 is 5.32 Å². The number of thiophene rings is 1. The minimum absolute atomic E-state index is 0.00431. The fraction of sp³-hybridized carbons (Fsp3) is 0.280. The molecule has 2 heterocycles. The van der Waals surface area contributed by atoms with E-state index in [0.29, 0.717) is 11.5 Å². The fourth-order valence-electron chi connectivity index (χ4n) is 4.22. The van der Waals surface area contributed by atoms with Crippen molar-refractivity contribution >= 4 is 53.6 Å². The molecule has 8 heteroatoms. The van der Waals surface area contributed by atoms with Crippen LogP contribution in [0.2, 0.25) is 0 Å². The summed E-state index contributed by atoms with van der Waals surface area (Å²) in [4.78, 5) is 19.5. The van der Waals surface area contributed by atoms with Crippen molar-refractivity contribution in [2.24, 2.45) is 5.92 Å². The summed E-state index contributed by atoms with van der Waals surface area (Å²) in [7, 11) is -3.39. The lowest BCUT2D eigenvalue weighted by molar-refractivity contribution is 0.102. The number of carbonyl (C=O) groups excluding carboxylic acids is 1. The molecule has 0 fully saturated rings. The zero-order valence-corrected chi connectivity index (χ0v) is 20.9. The van der Waals surface area contributed by atoms with Crippen molar-refractivity contribution in [3.63, 3.8) is 0 Å². The molecule has 170 valence electrons. The Morgan fingerprint density at radius 1 is 1.15 bits per heavy atom. The number of fused-ring (bicyclic) bond motifs is 2. The van der Waals surface area contributed by atoms with Gasteiger partial charge in [-0.1, -0.05) is 32.0 Å². The number of hydrogen-bond acceptors (Lipinski definition) is 6. The maximum absolute atomic E-state index is 13.2. The molecule has 2 aromatic heterocycles. The van der Waals surface area contributed by atoms with Crippen molar-refractivity contribution in [1.29, 1.82) is 0 Å². The minimum Gasteiger partial charge on any atom is -0.313 e. The highest BCUT2D eigenvalue weighted by molar-refractivity contribution is 7.91. The second-order valence-corrected chi connectivity index (χ2v) is 12.8. The molecule has 0 bridgehead atoms. The van der Waals surface area contributed by atoms with Crippen molar-refractivity contribution in [1.82, 2.24) is 4.98 Å². The molecule has 1 unspecified atom stereocenters. The molecule has 5 rings (SSSR count). The number of thiazole rings is 1. The Labute approximate surface area is 201 Å². The van der Waals surface area contributed by atoms with Gasteiger partial charge in [-0.3, -0.25) is 4.79 Å².